The molecule has 1 heterocycles. The van der Waals surface area contributed by atoms with Crippen molar-refractivity contribution in [2.45, 2.75) is 20.8 Å². The lowest BCUT2D eigenvalue weighted by Gasteiger charge is -2.18. The Morgan fingerprint density at radius 3 is 2.22 bits per heavy atom. The van der Waals surface area contributed by atoms with E-state index in [0.29, 0.717) is 17.1 Å². The molecule has 0 atom stereocenters. The summed E-state index contributed by atoms with van der Waals surface area (Å²) in [5.41, 5.74) is 2.66. The van der Waals surface area contributed by atoms with Crippen molar-refractivity contribution in [2.75, 3.05) is 19.2 Å². The Kier molecular flexibility index (Phi) is 5.04. The van der Waals surface area contributed by atoms with Crippen LogP contribution in [0.4, 0.5) is 5.69 Å². The fraction of sp³-hybridized carbons (Fsp3) is 0.273. The summed E-state index contributed by atoms with van der Waals surface area (Å²) in [6, 6.07) is 15.0. The highest BCUT2D eigenvalue weighted by molar-refractivity contribution is 6.34. The second kappa shape index (κ2) is 7.27. The van der Waals surface area contributed by atoms with E-state index in [1.807, 2.05) is 54.6 Å². The topological polar surface area (TPSA) is 51.1 Å². The first-order valence-electron chi connectivity index (χ1n) is 8.78. The van der Waals surface area contributed by atoms with Gasteiger partial charge in [-0.05, 0) is 35.9 Å². The first-order valence-corrected chi connectivity index (χ1v) is 8.78. The SMILES string of the molecule is COc1ccc(C=C2C(=O)N(c3ccccc3)N=C2C(C)(C)C)cc1OC. The molecule has 5 heteroatoms. The minimum absolute atomic E-state index is 0.138. The highest BCUT2D eigenvalue weighted by atomic mass is 16.5. The molecular weight excluding hydrogens is 340 g/mol. The van der Waals surface area contributed by atoms with Crippen molar-refractivity contribution in [3.63, 3.8) is 0 Å². The molecule has 0 saturated heterocycles. The first kappa shape index (κ1) is 18.7. The van der Waals surface area contributed by atoms with Crippen molar-refractivity contribution < 1.29 is 14.3 Å². The Morgan fingerprint density at radius 1 is 0.963 bits per heavy atom. The molecule has 27 heavy (non-hydrogen) atoms. The third-order valence-corrected chi connectivity index (χ3v) is 4.31. The van der Waals surface area contributed by atoms with Crippen LogP contribution in [0.1, 0.15) is 26.3 Å². The van der Waals surface area contributed by atoms with Crippen LogP contribution in [-0.2, 0) is 4.79 Å². The summed E-state index contributed by atoms with van der Waals surface area (Å²) in [6.07, 6.45) is 1.86. The van der Waals surface area contributed by atoms with Gasteiger partial charge in [0.25, 0.3) is 5.91 Å². The maximum absolute atomic E-state index is 13.1. The molecule has 140 valence electrons. The van der Waals surface area contributed by atoms with Crippen molar-refractivity contribution in [1.29, 1.82) is 0 Å². The molecule has 0 saturated carbocycles. The quantitative estimate of drug-likeness (QED) is 0.749. The number of carbonyl (C=O) groups excluding carboxylic acids is 1. The van der Waals surface area contributed by atoms with Gasteiger partial charge in [0.2, 0.25) is 0 Å². The van der Waals surface area contributed by atoms with E-state index in [2.05, 4.69) is 25.9 Å². The van der Waals surface area contributed by atoms with Crippen LogP contribution in [0, 0.1) is 5.41 Å². The number of rotatable bonds is 4. The molecule has 0 fully saturated rings. The van der Waals surface area contributed by atoms with Crippen molar-refractivity contribution in [1.82, 2.24) is 0 Å². The van der Waals surface area contributed by atoms with E-state index < -0.39 is 0 Å². The number of amides is 1. The van der Waals surface area contributed by atoms with Gasteiger partial charge in [0.1, 0.15) is 0 Å². The maximum Gasteiger partial charge on any atom is 0.280 e. The van der Waals surface area contributed by atoms with Gasteiger partial charge in [-0.15, -0.1) is 0 Å². The number of anilines is 1. The highest BCUT2D eigenvalue weighted by Crippen LogP contribution is 2.34. The van der Waals surface area contributed by atoms with Crippen LogP contribution >= 0.6 is 0 Å². The third kappa shape index (κ3) is 3.72. The number of carbonyl (C=O) groups is 1. The Hall–Kier alpha value is -3.08. The van der Waals surface area contributed by atoms with Gasteiger partial charge in [-0.2, -0.15) is 10.1 Å². The lowest BCUT2D eigenvalue weighted by molar-refractivity contribution is -0.114. The predicted octanol–water partition coefficient (Wildman–Crippen LogP) is 4.54. The summed E-state index contributed by atoms with van der Waals surface area (Å²) in [5, 5.41) is 6.11. The largest absolute Gasteiger partial charge is 0.493 e. The number of para-hydroxylation sites is 1. The molecule has 5 nitrogen and oxygen atoms in total. The summed E-state index contributed by atoms with van der Waals surface area (Å²) in [4.78, 5) is 13.1. The summed E-state index contributed by atoms with van der Waals surface area (Å²) in [7, 11) is 3.19. The van der Waals surface area contributed by atoms with Crippen LogP contribution in [0.2, 0.25) is 0 Å². The average Bonchev–Trinajstić information content (AvgIpc) is 2.99. The number of hydrogen-bond donors (Lipinski definition) is 0. The van der Waals surface area contributed by atoms with Crippen molar-refractivity contribution in [2.24, 2.45) is 10.5 Å². The lowest BCUT2D eigenvalue weighted by Crippen LogP contribution is -2.24. The number of methoxy groups -OCH3 is 2. The second-order valence-electron chi connectivity index (χ2n) is 7.32. The van der Waals surface area contributed by atoms with Crippen molar-refractivity contribution >= 4 is 23.4 Å². The number of nitrogens with zero attached hydrogens (tertiary/aromatic N) is 2. The minimum atomic E-state index is -0.276. The molecule has 3 rings (SSSR count). The standard InChI is InChI=1S/C22H24N2O3/c1-22(2,3)20-17(13-15-11-12-18(26-4)19(14-15)27-5)21(25)24(23-20)16-9-7-6-8-10-16/h6-14H,1-5H3. The monoisotopic (exact) mass is 364 g/mol. The number of hydrogen-bond acceptors (Lipinski definition) is 4. The van der Waals surface area contributed by atoms with E-state index in [1.165, 1.54) is 5.01 Å². The predicted molar refractivity (Wildman–Crippen MR) is 108 cm³/mol. The number of benzene rings is 2. The van der Waals surface area contributed by atoms with E-state index in [-0.39, 0.29) is 11.3 Å². The molecule has 1 aliphatic rings. The summed E-state index contributed by atoms with van der Waals surface area (Å²) < 4.78 is 10.7. The molecular formula is C22H24N2O3. The molecule has 0 bridgehead atoms. The van der Waals surface area contributed by atoms with Crippen molar-refractivity contribution in [3.05, 3.63) is 59.7 Å². The van der Waals surface area contributed by atoms with Crippen LogP contribution in [0.15, 0.2) is 59.2 Å². The zero-order valence-electron chi connectivity index (χ0n) is 16.3. The van der Waals surface area contributed by atoms with Gasteiger partial charge in [0.15, 0.2) is 11.5 Å². The Balaban J connectivity index is 2.07. The van der Waals surface area contributed by atoms with Crippen LogP contribution in [0.25, 0.3) is 6.08 Å². The number of ether oxygens (including phenoxy) is 2. The fourth-order valence-electron chi connectivity index (χ4n) is 2.95. The van der Waals surface area contributed by atoms with Gasteiger partial charge < -0.3 is 9.47 Å². The molecule has 0 radical (unpaired) electrons. The van der Waals surface area contributed by atoms with Gasteiger partial charge in [-0.25, -0.2) is 0 Å². The zero-order chi connectivity index (χ0) is 19.6. The summed E-state index contributed by atoms with van der Waals surface area (Å²) in [5.74, 6) is 1.13. The molecule has 0 aliphatic carbocycles. The maximum atomic E-state index is 13.1. The Morgan fingerprint density at radius 2 is 1.63 bits per heavy atom. The third-order valence-electron chi connectivity index (χ3n) is 4.31. The Bertz CT molecular complexity index is 909. The summed E-state index contributed by atoms with van der Waals surface area (Å²) >= 11 is 0. The van der Waals surface area contributed by atoms with Crippen LogP contribution in [-0.4, -0.2) is 25.8 Å². The van der Waals surface area contributed by atoms with E-state index in [4.69, 9.17) is 9.47 Å². The fourth-order valence-corrected chi connectivity index (χ4v) is 2.95. The van der Waals surface area contributed by atoms with Crippen LogP contribution in [0.5, 0.6) is 11.5 Å². The van der Waals surface area contributed by atoms with E-state index >= 15 is 0 Å². The first-order chi connectivity index (χ1) is 12.8. The molecule has 2 aromatic carbocycles. The molecule has 0 spiro atoms. The van der Waals surface area contributed by atoms with Crippen molar-refractivity contribution in [3.8, 4) is 11.5 Å². The average molecular weight is 364 g/mol. The lowest BCUT2D eigenvalue weighted by atomic mass is 9.85. The highest BCUT2D eigenvalue weighted by Gasteiger charge is 2.37. The molecule has 0 unspecified atom stereocenters. The van der Waals surface area contributed by atoms with Gasteiger partial charge >= 0.3 is 0 Å². The normalized spacial score (nSPS) is 15.9. The van der Waals surface area contributed by atoms with Gasteiger partial charge in [-0.3, -0.25) is 4.79 Å². The zero-order valence-corrected chi connectivity index (χ0v) is 16.3. The van der Waals surface area contributed by atoms with Crippen LogP contribution < -0.4 is 14.5 Å². The molecule has 1 aliphatic heterocycles. The summed E-state index contributed by atoms with van der Waals surface area (Å²) in [6.45, 7) is 6.15. The molecule has 2 aromatic rings. The number of hydrazone groups is 1. The van der Waals surface area contributed by atoms with Crippen LogP contribution in [0.3, 0.4) is 0 Å². The van der Waals surface area contributed by atoms with Gasteiger partial charge in [0.05, 0.1) is 31.2 Å². The van der Waals surface area contributed by atoms with Gasteiger partial charge in [-0.1, -0.05) is 45.0 Å². The smallest absolute Gasteiger partial charge is 0.280 e. The van der Waals surface area contributed by atoms with E-state index in [1.54, 1.807) is 14.2 Å². The van der Waals surface area contributed by atoms with E-state index in [9.17, 15) is 4.79 Å². The molecule has 1 amide bonds. The van der Waals surface area contributed by atoms with E-state index in [0.717, 1.165) is 17.0 Å². The second-order valence-corrected chi connectivity index (χ2v) is 7.32. The van der Waals surface area contributed by atoms with Gasteiger partial charge in [0, 0.05) is 5.41 Å². The molecule has 0 aromatic heterocycles. The molecule has 0 N–H and O–H groups in total. The minimum Gasteiger partial charge on any atom is -0.493 e. The Labute approximate surface area is 159 Å².